The molecule has 0 aliphatic heterocycles. The van der Waals surface area contributed by atoms with Gasteiger partial charge in [0.1, 0.15) is 42.3 Å². The lowest BCUT2D eigenvalue weighted by molar-refractivity contribution is -0.137. The number of hydrogen-bond acceptors (Lipinski definition) is 11. The molecule has 0 bridgehead atoms. The van der Waals surface area contributed by atoms with E-state index in [1.165, 1.54) is 6.92 Å². The van der Waals surface area contributed by atoms with E-state index in [0.29, 0.717) is 19.3 Å². The van der Waals surface area contributed by atoms with Crippen molar-refractivity contribution in [3.05, 3.63) is 0 Å². The summed E-state index contributed by atoms with van der Waals surface area (Å²) in [6, 6.07) is -8.87. The molecule has 0 unspecified atom stereocenters. The summed E-state index contributed by atoms with van der Waals surface area (Å²) in [6.07, 6.45) is 1.88. The Balaban J connectivity index is 6.41. The predicted molar refractivity (Wildman–Crippen MR) is 250 cm³/mol. The van der Waals surface area contributed by atoms with E-state index in [9.17, 15) is 38.4 Å². The van der Waals surface area contributed by atoms with Crippen LogP contribution in [0.3, 0.4) is 0 Å². The molecule has 0 rings (SSSR count). The molecule has 23 heteroatoms. The average Bonchev–Trinajstić information content (AvgIpc) is 3.22. The summed E-state index contributed by atoms with van der Waals surface area (Å²) in [5, 5.41) is 18.9. The van der Waals surface area contributed by atoms with E-state index in [2.05, 4.69) is 47.2 Å². The van der Waals surface area contributed by atoms with E-state index in [4.69, 9.17) is 34.4 Å². The quantitative estimate of drug-likeness (QED) is 0.0200. The van der Waals surface area contributed by atoms with E-state index >= 15 is 0 Å². The van der Waals surface area contributed by atoms with Gasteiger partial charge >= 0.3 is 0 Å². The van der Waals surface area contributed by atoms with Gasteiger partial charge in [-0.05, 0) is 62.2 Å². The molecule has 0 aliphatic rings. The molecular weight excluding hydrogens is 843 g/mol. The van der Waals surface area contributed by atoms with Gasteiger partial charge in [-0.3, -0.25) is 48.3 Å². The number of nitrogens with zero attached hydrogens (tertiary/aromatic N) is 2. The number of carbonyl (C=O) groups is 8. The highest BCUT2D eigenvalue weighted by molar-refractivity contribution is 5.98. The molecule has 0 radical (unpaired) electrons. The minimum Gasteiger partial charge on any atom is -0.370 e. The number of carbonyl (C=O) groups excluding carboxylic acids is 8. The van der Waals surface area contributed by atoms with Crippen LogP contribution in [0.5, 0.6) is 0 Å². The normalized spacial score (nSPS) is 15.9. The second kappa shape index (κ2) is 29.7. The summed E-state index contributed by atoms with van der Waals surface area (Å²) < 4.78 is 0. The van der Waals surface area contributed by atoms with Crippen molar-refractivity contribution < 1.29 is 38.4 Å². The van der Waals surface area contributed by atoms with Crippen molar-refractivity contribution >= 4 is 59.2 Å². The largest absolute Gasteiger partial charge is 0.370 e. The highest BCUT2D eigenvalue weighted by atomic mass is 16.2. The molecule has 0 aromatic rings. The number of rotatable bonds is 30. The van der Waals surface area contributed by atoms with E-state index in [1.807, 2.05) is 13.8 Å². The summed E-state index contributed by atoms with van der Waals surface area (Å²) in [5.41, 5.74) is 33.1. The van der Waals surface area contributed by atoms with Gasteiger partial charge < -0.3 is 71.6 Å². The number of hydrogen-bond donors (Lipinski definition) is 13. The predicted octanol–water partition coefficient (Wildman–Crippen LogP) is -2.62. The first-order chi connectivity index (χ1) is 30.2. The van der Waals surface area contributed by atoms with Crippen molar-refractivity contribution in [2.75, 3.05) is 13.1 Å². The lowest BCUT2D eigenvalue weighted by Gasteiger charge is -2.32. The summed E-state index contributed by atoms with van der Waals surface area (Å²) in [5.74, 6) is -7.91. The lowest BCUT2D eigenvalue weighted by Crippen LogP contribution is -2.62. The molecule has 10 atom stereocenters. The highest BCUT2D eigenvalue weighted by Crippen LogP contribution is 2.15. The van der Waals surface area contributed by atoms with Crippen LogP contribution in [-0.2, 0) is 38.4 Å². The third-order valence-corrected chi connectivity index (χ3v) is 11.0. The Bertz CT molecular complexity index is 1650. The number of nitrogens with one attached hydrogen (secondary N) is 7. The van der Waals surface area contributed by atoms with Crippen LogP contribution in [0.25, 0.3) is 0 Å². The molecule has 23 nitrogen and oxygen atoms in total. The zero-order valence-corrected chi connectivity index (χ0v) is 40.3. The number of primary amides is 1. The van der Waals surface area contributed by atoms with E-state index < -0.39 is 119 Å². The Morgan fingerprint density at radius 2 is 0.754 bits per heavy atom. The topological polar surface area (TPSA) is 402 Å². The molecule has 372 valence electrons. The molecule has 0 heterocycles. The zero-order chi connectivity index (χ0) is 50.3. The molecule has 0 fully saturated rings. The standard InChI is InChI=1S/C42H81N15O8/c1-12-23(9)31(39(64)52-27(17-15-19-50-42(47)48)35(60)53-28(20(3)4)36(61)51-25(11)33(44)58)57-38(63)30(22(7)8)54-37(62)29(21(5)6)55-40(65)32(24(10)13-2)56-34(59)26(43)16-14-18-49-41(45)46/h20-32H,12-19,43H2,1-11H3,(H2,44,58)(H,51,61)(H,52,64)(H,53,60)(H,54,62)(H,55,65)(H,56,59)(H,57,63)(H4,45,46,49)(H4,47,48,50)/t23-,24-,25-,26-,27-,28-,29-,30-,31-,32-/m0/s1. The van der Waals surface area contributed by atoms with Gasteiger partial charge in [-0.25, -0.2) is 0 Å². The van der Waals surface area contributed by atoms with Gasteiger partial charge in [-0.1, -0.05) is 82.1 Å². The maximum Gasteiger partial charge on any atom is 0.243 e. The second-order valence-corrected chi connectivity index (χ2v) is 17.6. The molecule has 19 N–H and O–H groups in total. The van der Waals surface area contributed by atoms with Crippen LogP contribution in [0.4, 0.5) is 0 Å². The van der Waals surface area contributed by atoms with Gasteiger partial charge in [0.15, 0.2) is 11.9 Å². The van der Waals surface area contributed by atoms with Gasteiger partial charge in [-0.15, -0.1) is 0 Å². The Morgan fingerprint density at radius 1 is 0.431 bits per heavy atom. The first-order valence-corrected chi connectivity index (χ1v) is 22.5. The van der Waals surface area contributed by atoms with Gasteiger partial charge in [-0.2, -0.15) is 0 Å². The maximum absolute atomic E-state index is 14.1. The van der Waals surface area contributed by atoms with Crippen molar-refractivity contribution in [1.82, 2.24) is 37.2 Å². The van der Waals surface area contributed by atoms with Crippen molar-refractivity contribution in [2.45, 2.75) is 163 Å². The molecule has 0 aromatic carbocycles. The third kappa shape index (κ3) is 21.7. The Morgan fingerprint density at radius 3 is 1.12 bits per heavy atom. The van der Waals surface area contributed by atoms with Crippen LogP contribution in [0.2, 0.25) is 0 Å². The molecular formula is C42H81N15O8. The number of nitrogens with two attached hydrogens (primary N) is 6. The third-order valence-electron chi connectivity index (χ3n) is 11.0. The van der Waals surface area contributed by atoms with Crippen molar-refractivity contribution in [3.8, 4) is 0 Å². The van der Waals surface area contributed by atoms with E-state index in [0.717, 1.165) is 0 Å². The first kappa shape index (κ1) is 59.3. The van der Waals surface area contributed by atoms with E-state index in [1.54, 1.807) is 55.4 Å². The smallest absolute Gasteiger partial charge is 0.243 e. The monoisotopic (exact) mass is 924 g/mol. The van der Waals surface area contributed by atoms with Gasteiger partial charge in [0.25, 0.3) is 0 Å². The average molecular weight is 924 g/mol. The van der Waals surface area contributed by atoms with Crippen molar-refractivity contribution in [2.24, 2.45) is 74.0 Å². The fraction of sp³-hybridized carbons (Fsp3) is 0.762. The zero-order valence-electron chi connectivity index (χ0n) is 40.3. The van der Waals surface area contributed by atoms with Crippen LogP contribution >= 0.6 is 0 Å². The van der Waals surface area contributed by atoms with Crippen LogP contribution in [0.1, 0.15) is 115 Å². The van der Waals surface area contributed by atoms with Crippen molar-refractivity contribution in [3.63, 3.8) is 0 Å². The molecule has 0 aromatic heterocycles. The minimum absolute atomic E-state index is 0.0295. The fourth-order valence-electron chi connectivity index (χ4n) is 6.31. The Hall–Kier alpha value is -5.74. The molecule has 0 saturated carbocycles. The molecule has 0 saturated heterocycles. The molecule has 8 amide bonds. The second-order valence-electron chi connectivity index (χ2n) is 17.6. The summed E-state index contributed by atoms with van der Waals surface area (Å²) >= 11 is 0. The maximum atomic E-state index is 14.1. The highest BCUT2D eigenvalue weighted by Gasteiger charge is 2.37. The Kier molecular flexibility index (Phi) is 27.0. The number of aliphatic imine (C=N–C) groups is 2. The van der Waals surface area contributed by atoms with Gasteiger partial charge in [0, 0.05) is 13.1 Å². The summed E-state index contributed by atoms with van der Waals surface area (Å²) in [7, 11) is 0. The van der Waals surface area contributed by atoms with Crippen LogP contribution in [0, 0.1) is 29.6 Å². The minimum atomic E-state index is -1.23. The SMILES string of the molecule is CC[C@H](C)[C@H](NC(=O)[C@@H](NC(=O)[C@@H](NC(=O)[C@@H](NC(=O)[C@@H](N)CCCN=C(N)N)[C@@H](C)CC)C(C)C)C(C)C)C(=O)N[C@@H](CCCN=C(N)N)C(=O)N[C@H](C(=O)N[C@@H](C)C(N)=O)C(C)C. The van der Waals surface area contributed by atoms with Crippen LogP contribution in [-0.4, -0.2) is 121 Å². The number of amides is 8. The summed E-state index contributed by atoms with van der Waals surface area (Å²) in [6.45, 7) is 19.2. The lowest BCUT2D eigenvalue weighted by atomic mass is 9.94. The first-order valence-electron chi connectivity index (χ1n) is 22.5. The Labute approximate surface area is 384 Å². The fourth-order valence-corrected chi connectivity index (χ4v) is 6.31. The summed E-state index contributed by atoms with van der Waals surface area (Å²) in [4.78, 5) is 115. The van der Waals surface area contributed by atoms with Crippen molar-refractivity contribution in [1.29, 1.82) is 0 Å². The molecule has 0 spiro atoms. The van der Waals surface area contributed by atoms with Gasteiger partial charge in [0.2, 0.25) is 47.3 Å². The van der Waals surface area contributed by atoms with E-state index in [-0.39, 0.29) is 50.2 Å². The number of guanidine groups is 2. The van der Waals surface area contributed by atoms with Gasteiger partial charge in [0.05, 0.1) is 6.04 Å². The molecule has 0 aliphatic carbocycles. The van der Waals surface area contributed by atoms with Crippen LogP contribution < -0.4 is 71.6 Å². The molecule has 65 heavy (non-hydrogen) atoms. The van der Waals surface area contributed by atoms with Crippen LogP contribution in [0.15, 0.2) is 9.98 Å².